The zero-order valence-electron chi connectivity index (χ0n) is 12.6. The molecule has 0 radical (unpaired) electrons. The van der Waals surface area contributed by atoms with Gasteiger partial charge in [-0.25, -0.2) is 4.39 Å². The van der Waals surface area contributed by atoms with Gasteiger partial charge in [-0.05, 0) is 23.8 Å². The van der Waals surface area contributed by atoms with Crippen molar-refractivity contribution in [1.82, 2.24) is 4.57 Å². The van der Waals surface area contributed by atoms with Crippen LogP contribution >= 0.6 is 0 Å². The first-order chi connectivity index (χ1) is 10.7. The van der Waals surface area contributed by atoms with Crippen LogP contribution in [0.25, 0.3) is 10.9 Å². The van der Waals surface area contributed by atoms with E-state index < -0.39 is 6.29 Å². The van der Waals surface area contributed by atoms with Crippen LogP contribution in [0.2, 0.25) is 0 Å². The van der Waals surface area contributed by atoms with Crippen molar-refractivity contribution in [3.8, 4) is 0 Å². The molecule has 114 valence electrons. The molecule has 0 aliphatic rings. The Labute approximate surface area is 128 Å². The summed E-state index contributed by atoms with van der Waals surface area (Å²) in [6.07, 6.45) is 1.45. The minimum absolute atomic E-state index is 0.267. The summed E-state index contributed by atoms with van der Waals surface area (Å²) in [7, 11) is 3.15. The second-order valence-corrected chi connectivity index (χ2v) is 5.16. The van der Waals surface area contributed by atoms with Crippen LogP contribution in [-0.2, 0) is 16.0 Å². The Morgan fingerprint density at radius 1 is 1.05 bits per heavy atom. The lowest BCUT2D eigenvalue weighted by Gasteiger charge is -2.12. The smallest absolute Gasteiger partial charge is 0.185 e. The summed E-state index contributed by atoms with van der Waals surface area (Å²) in [5.74, 6) is -0.267. The molecule has 0 aliphatic carbocycles. The molecule has 0 bridgehead atoms. The first-order valence-electron chi connectivity index (χ1n) is 7.10. The Morgan fingerprint density at radius 3 is 2.45 bits per heavy atom. The van der Waals surface area contributed by atoms with Gasteiger partial charge in [0.15, 0.2) is 6.29 Å². The van der Waals surface area contributed by atoms with Crippen LogP contribution in [0.15, 0.2) is 54.7 Å². The molecule has 0 amide bonds. The van der Waals surface area contributed by atoms with Gasteiger partial charge in [0, 0.05) is 43.4 Å². The molecule has 3 rings (SSSR count). The van der Waals surface area contributed by atoms with Gasteiger partial charge in [0.1, 0.15) is 5.82 Å². The fourth-order valence-corrected chi connectivity index (χ4v) is 2.75. The number of rotatable bonds is 5. The first kappa shape index (κ1) is 14.8. The number of hydrogen-bond donors (Lipinski definition) is 0. The summed E-state index contributed by atoms with van der Waals surface area (Å²) in [4.78, 5) is 0. The zero-order chi connectivity index (χ0) is 15.5. The number of halogens is 1. The number of aromatic nitrogens is 1. The van der Waals surface area contributed by atoms with Gasteiger partial charge in [0.25, 0.3) is 0 Å². The standard InChI is InChI=1S/C18H18FNO2/c1-21-18(22-2)16-12-20(11-13-6-4-3-5-7-13)17-9-8-14(19)10-15(16)17/h3-10,12,18H,11H2,1-2H3. The fourth-order valence-electron chi connectivity index (χ4n) is 2.75. The second-order valence-electron chi connectivity index (χ2n) is 5.16. The van der Waals surface area contributed by atoms with Gasteiger partial charge >= 0.3 is 0 Å². The van der Waals surface area contributed by atoms with E-state index in [-0.39, 0.29) is 5.82 Å². The maximum atomic E-state index is 13.6. The van der Waals surface area contributed by atoms with Gasteiger partial charge in [-0.15, -0.1) is 0 Å². The Kier molecular flexibility index (Phi) is 4.22. The summed E-state index contributed by atoms with van der Waals surface area (Å²) in [6.45, 7) is 0.711. The van der Waals surface area contributed by atoms with E-state index in [1.165, 1.54) is 17.7 Å². The first-order valence-corrected chi connectivity index (χ1v) is 7.10. The van der Waals surface area contributed by atoms with Crippen LogP contribution in [0.3, 0.4) is 0 Å². The van der Waals surface area contributed by atoms with E-state index in [9.17, 15) is 4.39 Å². The number of fused-ring (bicyclic) bond motifs is 1. The maximum Gasteiger partial charge on any atom is 0.185 e. The predicted octanol–water partition coefficient (Wildman–Crippen LogP) is 4.12. The molecule has 1 heterocycles. The van der Waals surface area contributed by atoms with Gasteiger partial charge in [-0.2, -0.15) is 0 Å². The van der Waals surface area contributed by atoms with Crippen molar-refractivity contribution in [2.45, 2.75) is 12.8 Å². The van der Waals surface area contributed by atoms with Gasteiger partial charge < -0.3 is 14.0 Å². The van der Waals surface area contributed by atoms with E-state index in [2.05, 4.69) is 16.7 Å². The molecule has 0 atom stereocenters. The molecule has 0 aliphatic heterocycles. The number of methoxy groups -OCH3 is 2. The summed E-state index contributed by atoms with van der Waals surface area (Å²) in [5, 5.41) is 0.810. The highest BCUT2D eigenvalue weighted by Gasteiger charge is 2.17. The molecular formula is C18H18FNO2. The molecular weight excluding hydrogens is 281 g/mol. The second kappa shape index (κ2) is 6.30. The van der Waals surface area contributed by atoms with Crippen molar-refractivity contribution >= 4 is 10.9 Å². The highest BCUT2D eigenvalue weighted by Crippen LogP contribution is 2.30. The predicted molar refractivity (Wildman–Crippen MR) is 84.2 cm³/mol. The summed E-state index contributed by atoms with van der Waals surface area (Å²) >= 11 is 0. The zero-order valence-corrected chi connectivity index (χ0v) is 12.6. The Balaban J connectivity index is 2.10. The Bertz CT molecular complexity index is 763. The topological polar surface area (TPSA) is 23.4 Å². The lowest BCUT2D eigenvalue weighted by Crippen LogP contribution is -2.03. The van der Waals surface area contributed by atoms with Gasteiger partial charge in [-0.3, -0.25) is 0 Å². The summed E-state index contributed by atoms with van der Waals surface area (Å²) < 4.78 is 26.4. The van der Waals surface area contributed by atoms with Crippen LogP contribution in [0.5, 0.6) is 0 Å². The van der Waals surface area contributed by atoms with E-state index in [4.69, 9.17) is 9.47 Å². The highest BCUT2D eigenvalue weighted by molar-refractivity contribution is 5.84. The molecule has 22 heavy (non-hydrogen) atoms. The van der Waals surface area contributed by atoms with E-state index in [1.807, 2.05) is 24.4 Å². The number of benzene rings is 2. The quantitative estimate of drug-likeness (QED) is 0.662. The van der Waals surface area contributed by atoms with Crippen molar-refractivity contribution < 1.29 is 13.9 Å². The van der Waals surface area contributed by atoms with E-state index >= 15 is 0 Å². The molecule has 4 heteroatoms. The van der Waals surface area contributed by atoms with Crippen LogP contribution in [-0.4, -0.2) is 18.8 Å². The summed E-state index contributed by atoms with van der Waals surface area (Å²) in [5.41, 5.74) is 2.97. The summed E-state index contributed by atoms with van der Waals surface area (Å²) in [6, 6.07) is 14.9. The molecule has 3 nitrogen and oxygen atoms in total. The third kappa shape index (κ3) is 2.75. The van der Waals surface area contributed by atoms with E-state index in [1.54, 1.807) is 20.3 Å². The molecule has 0 unspecified atom stereocenters. The third-order valence-corrected chi connectivity index (χ3v) is 3.75. The van der Waals surface area contributed by atoms with Crippen LogP contribution in [0.1, 0.15) is 17.4 Å². The molecule has 3 aromatic rings. The monoisotopic (exact) mass is 299 g/mol. The minimum Gasteiger partial charge on any atom is -0.352 e. The highest BCUT2D eigenvalue weighted by atomic mass is 19.1. The maximum absolute atomic E-state index is 13.6. The van der Waals surface area contributed by atoms with Crippen LogP contribution < -0.4 is 0 Å². The molecule has 2 aromatic carbocycles. The number of nitrogens with zero attached hydrogens (tertiary/aromatic N) is 1. The van der Waals surface area contributed by atoms with E-state index in [0.29, 0.717) is 6.54 Å². The van der Waals surface area contributed by atoms with Crippen LogP contribution in [0, 0.1) is 5.82 Å². The molecule has 0 saturated heterocycles. The lowest BCUT2D eigenvalue weighted by molar-refractivity contribution is -0.105. The van der Waals surface area contributed by atoms with E-state index in [0.717, 1.165) is 16.5 Å². The van der Waals surface area contributed by atoms with Crippen LogP contribution in [0.4, 0.5) is 4.39 Å². The average molecular weight is 299 g/mol. The molecule has 0 N–H and O–H groups in total. The molecule has 0 spiro atoms. The fraction of sp³-hybridized carbons (Fsp3) is 0.222. The van der Waals surface area contributed by atoms with Crippen molar-refractivity contribution in [2.24, 2.45) is 0 Å². The van der Waals surface area contributed by atoms with Gasteiger partial charge in [0.05, 0.1) is 0 Å². The van der Waals surface area contributed by atoms with Crippen molar-refractivity contribution in [1.29, 1.82) is 0 Å². The van der Waals surface area contributed by atoms with Gasteiger partial charge in [0.2, 0.25) is 0 Å². The molecule has 1 aromatic heterocycles. The Morgan fingerprint density at radius 2 is 1.77 bits per heavy atom. The lowest BCUT2D eigenvalue weighted by atomic mass is 10.1. The molecule has 0 fully saturated rings. The number of ether oxygens (including phenoxy) is 2. The largest absolute Gasteiger partial charge is 0.352 e. The Hall–Kier alpha value is -2.17. The van der Waals surface area contributed by atoms with Crippen molar-refractivity contribution in [3.63, 3.8) is 0 Å². The normalized spacial score (nSPS) is 11.5. The van der Waals surface area contributed by atoms with Crippen molar-refractivity contribution in [2.75, 3.05) is 14.2 Å². The number of hydrogen-bond acceptors (Lipinski definition) is 2. The van der Waals surface area contributed by atoms with Crippen molar-refractivity contribution in [3.05, 3.63) is 71.7 Å². The third-order valence-electron chi connectivity index (χ3n) is 3.75. The minimum atomic E-state index is -0.513. The molecule has 0 saturated carbocycles. The SMILES string of the molecule is COC(OC)c1cn(Cc2ccccc2)c2ccc(F)cc12. The average Bonchev–Trinajstić information content (AvgIpc) is 2.87. The van der Waals surface area contributed by atoms with Gasteiger partial charge in [-0.1, -0.05) is 30.3 Å².